The zero-order chi connectivity index (χ0) is 16.5. The fraction of sp³-hybridized carbons (Fsp3) is 0.167. The van der Waals surface area contributed by atoms with Crippen molar-refractivity contribution < 1.29 is 25.2 Å². The first-order valence-electron chi connectivity index (χ1n) is 7.23. The van der Waals surface area contributed by atoms with Gasteiger partial charge in [0.25, 0.3) is 0 Å². The molecule has 2 aromatic carbocycles. The molecule has 2 aromatic rings. The topological polar surface area (TPSA) is 98.0 Å². The number of hydrogen-bond acceptors (Lipinski definition) is 5. The second-order valence-corrected chi connectivity index (χ2v) is 6.00. The number of aliphatic hydroxyl groups excluding tert-OH is 2. The fourth-order valence-electron chi connectivity index (χ4n) is 3.65. The summed E-state index contributed by atoms with van der Waals surface area (Å²) < 4.78 is 0. The molecule has 116 valence electrons. The molecule has 2 unspecified atom stereocenters. The van der Waals surface area contributed by atoms with Gasteiger partial charge in [-0.25, -0.2) is 0 Å². The van der Waals surface area contributed by atoms with E-state index in [1.165, 1.54) is 24.3 Å². The van der Waals surface area contributed by atoms with Crippen molar-refractivity contribution in [1.82, 2.24) is 0 Å². The number of Topliss-reactive ketones (excluding diaryl/α,β-unsaturated/α-hetero) is 1. The van der Waals surface area contributed by atoms with E-state index in [1.54, 1.807) is 13.0 Å². The number of carbonyl (C=O) groups is 1. The van der Waals surface area contributed by atoms with Crippen molar-refractivity contribution in [3.8, 4) is 11.5 Å². The molecule has 0 aromatic heterocycles. The van der Waals surface area contributed by atoms with E-state index in [1.807, 2.05) is 0 Å². The minimum atomic E-state index is -1.17. The lowest BCUT2D eigenvalue weighted by atomic mass is 9.80. The molecule has 23 heavy (non-hydrogen) atoms. The van der Waals surface area contributed by atoms with Crippen LogP contribution in [0.15, 0.2) is 30.3 Å². The molecule has 0 radical (unpaired) electrons. The highest BCUT2D eigenvalue weighted by Gasteiger charge is 2.48. The van der Waals surface area contributed by atoms with Crippen molar-refractivity contribution in [3.63, 3.8) is 0 Å². The number of phenols is 2. The van der Waals surface area contributed by atoms with Crippen LogP contribution >= 0.6 is 0 Å². The first-order valence-corrected chi connectivity index (χ1v) is 7.23. The van der Waals surface area contributed by atoms with Gasteiger partial charge in [0.1, 0.15) is 17.3 Å². The number of benzene rings is 2. The number of phenolic OH excluding ortho intramolecular Hbond substituents is 2. The van der Waals surface area contributed by atoms with Gasteiger partial charge in [0.15, 0.2) is 5.78 Å². The van der Waals surface area contributed by atoms with E-state index in [-0.39, 0.29) is 34.0 Å². The number of hydrogen-bond donors (Lipinski definition) is 4. The maximum atomic E-state index is 12.8. The Balaban J connectivity index is 2.10. The SMILES string of the molecule is Cc1cc(O)c2c(c1)C(O)C1C(=O)c3c(O)cccc3C(O)=C21. The third-order valence-corrected chi connectivity index (χ3v) is 4.59. The Hall–Kier alpha value is -2.79. The molecule has 5 heteroatoms. The molecular formula is C18H14O5. The van der Waals surface area contributed by atoms with Crippen LogP contribution in [0.25, 0.3) is 11.3 Å². The molecule has 0 spiro atoms. The van der Waals surface area contributed by atoms with Gasteiger partial charge in [-0.05, 0) is 30.2 Å². The van der Waals surface area contributed by atoms with E-state index >= 15 is 0 Å². The predicted octanol–water partition coefficient (Wildman–Crippen LogP) is 2.69. The van der Waals surface area contributed by atoms with E-state index in [0.717, 1.165) is 5.56 Å². The zero-order valence-corrected chi connectivity index (χ0v) is 12.2. The molecule has 2 atom stereocenters. The number of rotatable bonds is 0. The second-order valence-electron chi connectivity index (χ2n) is 6.00. The second kappa shape index (κ2) is 4.36. The molecular weight excluding hydrogens is 296 g/mol. The van der Waals surface area contributed by atoms with Crippen LogP contribution in [0.5, 0.6) is 11.5 Å². The van der Waals surface area contributed by atoms with Crippen molar-refractivity contribution in [3.05, 3.63) is 58.1 Å². The summed E-state index contributed by atoms with van der Waals surface area (Å²) in [4.78, 5) is 12.8. The van der Waals surface area contributed by atoms with Crippen LogP contribution < -0.4 is 0 Å². The minimum absolute atomic E-state index is 0.00168. The normalized spacial score (nSPS) is 21.9. The van der Waals surface area contributed by atoms with Gasteiger partial charge in [0.2, 0.25) is 0 Å². The van der Waals surface area contributed by atoms with Gasteiger partial charge in [-0.3, -0.25) is 4.79 Å². The van der Waals surface area contributed by atoms with Crippen LogP contribution in [0.3, 0.4) is 0 Å². The third-order valence-electron chi connectivity index (χ3n) is 4.59. The van der Waals surface area contributed by atoms with Crippen LogP contribution in [-0.4, -0.2) is 26.2 Å². The molecule has 0 bridgehead atoms. The van der Waals surface area contributed by atoms with Crippen LogP contribution in [-0.2, 0) is 0 Å². The van der Waals surface area contributed by atoms with E-state index in [9.17, 15) is 25.2 Å². The van der Waals surface area contributed by atoms with E-state index in [2.05, 4.69) is 0 Å². The maximum Gasteiger partial charge on any atom is 0.177 e. The molecule has 4 N–H and O–H groups in total. The van der Waals surface area contributed by atoms with Crippen LogP contribution in [0.4, 0.5) is 0 Å². The molecule has 0 saturated carbocycles. The number of aliphatic hydroxyl groups is 2. The Bertz CT molecular complexity index is 910. The maximum absolute atomic E-state index is 12.8. The summed E-state index contributed by atoms with van der Waals surface area (Å²) in [5.41, 5.74) is 1.88. The minimum Gasteiger partial charge on any atom is -0.507 e. The summed E-state index contributed by atoms with van der Waals surface area (Å²) in [5.74, 6) is -2.01. The lowest BCUT2D eigenvalue weighted by Gasteiger charge is -2.24. The third kappa shape index (κ3) is 1.62. The summed E-state index contributed by atoms with van der Waals surface area (Å²) >= 11 is 0. The number of carbonyl (C=O) groups excluding carboxylic acids is 1. The van der Waals surface area contributed by atoms with E-state index in [4.69, 9.17) is 0 Å². The Morgan fingerprint density at radius 1 is 1.00 bits per heavy atom. The lowest BCUT2D eigenvalue weighted by Crippen LogP contribution is -2.24. The molecule has 0 aliphatic heterocycles. The van der Waals surface area contributed by atoms with Gasteiger partial charge in [-0.1, -0.05) is 18.2 Å². The molecule has 5 nitrogen and oxygen atoms in total. The first kappa shape index (κ1) is 13.8. The fourth-order valence-corrected chi connectivity index (χ4v) is 3.65. The van der Waals surface area contributed by atoms with Crippen LogP contribution in [0, 0.1) is 12.8 Å². The van der Waals surface area contributed by atoms with Crippen LogP contribution in [0.2, 0.25) is 0 Å². The lowest BCUT2D eigenvalue weighted by molar-refractivity contribution is 0.0791. The van der Waals surface area contributed by atoms with Gasteiger partial charge in [0, 0.05) is 16.7 Å². The molecule has 0 saturated heterocycles. The average molecular weight is 310 g/mol. The number of fused-ring (bicyclic) bond motifs is 4. The number of ketones is 1. The van der Waals surface area contributed by atoms with E-state index in [0.29, 0.717) is 11.1 Å². The van der Waals surface area contributed by atoms with E-state index < -0.39 is 17.8 Å². The van der Waals surface area contributed by atoms with Gasteiger partial charge in [-0.15, -0.1) is 0 Å². The Labute approximate surface area is 131 Å². The van der Waals surface area contributed by atoms with Gasteiger partial charge in [-0.2, -0.15) is 0 Å². The highest BCUT2D eigenvalue weighted by molar-refractivity contribution is 6.18. The summed E-state index contributed by atoms with van der Waals surface area (Å²) in [6, 6.07) is 7.64. The van der Waals surface area contributed by atoms with Crippen molar-refractivity contribution in [1.29, 1.82) is 0 Å². The molecule has 2 aliphatic carbocycles. The predicted molar refractivity (Wildman–Crippen MR) is 83.2 cm³/mol. The quantitative estimate of drug-likeness (QED) is 0.600. The Kier molecular flexibility index (Phi) is 2.63. The van der Waals surface area contributed by atoms with Gasteiger partial charge < -0.3 is 20.4 Å². The van der Waals surface area contributed by atoms with Crippen molar-refractivity contribution in [2.45, 2.75) is 13.0 Å². The Morgan fingerprint density at radius 2 is 1.74 bits per heavy atom. The Morgan fingerprint density at radius 3 is 2.48 bits per heavy atom. The van der Waals surface area contributed by atoms with Crippen molar-refractivity contribution >= 4 is 17.1 Å². The zero-order valence-electron chi connectivity index (χ0n) is 12.2. The highest BCUT2D eigenvalue weighted by Crippen LogP contribution is 2.55. The molecule has 0 amide bonds. The van der Waals surface area contributed by atoms with Crippen LogP contribution in [0.1, 0.15) is 38.7 Å². The molecule has 0 heterocycles. The standard InChI is InChI=1S/C18H14O5/c1-7-5-9-12(11(20)6-7)14-15(17(9)22)18(23)13-8(16(14)21)3-2-4-10(13)19/h2-6,15,17,19-22H,1H3. The molecule has 2 aliphatic rings. The summed E-state index contributed by atoms with van der Waals surface area (Å²) in [6.45, 7) is 1.77. The first-order chi connectivity index (χ1) is 10.9. The number of aromatic hydroxyl groups is 2. The monoisotopic (exact) mass is 310 g/mol. The summed E-state index contributed by atoms with van der Waals surface area (Å²) in [5, 5.41) is 41.4. The smallest absolute Gasteiger partial charge is 0.177 e. The molecule has 4 rings (SSSR count). The van der Waals surface area contributed by atoms with Crippen molar-refractivity contribution in [2.75, 3.05) is 0 Å². The summed E-state index contributed by atoms with van der Waals surface area (Å²) in [6.07, 6.45) is -1.17. The highest BCUT2D eigenvalue weighted by atomic mass is 16.3. The average Bonchev–Trinajstić information content (AvgIpc) is 2.79. The summed E-state index contributed by atoms with van der Waals surface area (Å²) in [7, 11) is 0. The van der Waals surface area contributed by atoms with Gasteiger partial charge >= 0.3 is 0 Å². The largest absolute Gasteiger partial charge is 0.507 e. The molecule has 0 fully saturated rings. The van der Waals surface area contributed by atoms with Crippen molar-refractivity contribution in [2.24, 2.45) is 5.92 Å². The number of aryl methyl sites for hydroxylation is 1. The van der Waals surface area contributed by atoms with Gasteiger partial charge in [0.05, 0.1) is 17.6 Å².